The van der Waals surface area contributed by atoms with Gasteiger partial charge in [-0.05, 0) is 19.3 Å². The maximum Gasteiger partial charge on any atom is 0.141 e. The lowest BCUT2D eigenvalue weighted by molar-refractivity contribution is -0.132. The van der Waals surface area contributed by atoms with Crippen molar-refractivity contribution in [3.05, 3.63) is 0 Å². The molecule has 0 fully saturated rings. The van der Waals surface area contributed by atoms with Crippen LogP contribution in [0.15, 0.2) is 0 Å². The Labute approximate surface area is 81.3 Å². The summed E-state index contributed by atoms with van der Waals surface area (Å²) in [6.45, 7) is 7.78. The zero-order valence-corrected chi connectivity index (χ0v) is 9.22. The Hall–Kier alpha value is -0.370. The average Bonchev–Trinajstić information content (AvgIpc) is 2.13. The van der Waals surface area contributed by atoms with Gasteiger partial charge in [0.2, 0.25) is 0 Å². The summed E-state index contributed by atoms with van der Waals surface area (Å²) in [6.07, 6.45) is 2.14. The van der Waals surface area contributed by atoms with Gasteiger partial charge in [0.05, 0.1) is 6.61 Å². The van der Waals surface area contributed by atoms with E-state index in [0.29, 0.717) is 6.42 Å². The second-order valence-electron chi connectivity index (χ2n) is 4.20. The van der Waals surface area contributed by atoms with Crippen molar-refractivity contribution in [1.29, 1.82) is 0 Å². The lowest BCUT2D eigenvalue weighted by Gasteiger charge is -2.25. The minimum atomic E-state index is -0.254. The fourth-order valence-electron chi connectivity index (χ4n) is 1.39. The minimum absolute atomic E-state index is 0.0209. The Morgan fingerprint density at radius 2 is 1.85 bits per heavy atom. The molecule has 2 heteroatoms. The van der Waals surface area contributed by atoms with Crippen LogP contribution >= 0.6 is 0 Å². The van der Waals surface area contributed by atoms with Crippen LogP contribution in [0, 0.1) is 11.3 Å². The van der Waals surface area contributed by atoms with Crippen molar-refractivity contribution in [3.8, 4) is 0 Å². The van der Waals surface area contributed by atoms with Crippen LogP contribution in [0.1, 0.15) is 47.0 Å². The molecule has 13 heavy (non-hydrogen) atoms. The Bertz CT molecular complexity index is 161. The molecule has 0 heterocycles. The van der Waals surface area contributed by atoms with Crippen molar-refractivity contribution in [2.45, 2.75) is 47.0 Å². The monoisotopic (exact) mass is 185 g/mol. The van der Waals surface area contributed by atoms with Crippen molar-refractivity contribution < 1.29 is 9.90 Å². The van der Waals surface area contributed by atoms with Crippen molar-refractivity contribution in [1.82, 2.24) is 0 Å². The molecule has 0 saturated carbocycles. The van der Waals surface area contributed by atoms with Crippen molar-refractivity contribution >= 4 is 5.78 Å². The van der Waals surface area contributed by atoms with E-state index in [0.717, 1.165) is 12.8 Å². The molecule has 0 rings (SSSR count). The predicted molar refractivity (Wildman–Crippen MR) is 53.0 cm³/mol. The Morgan fingerprint density at radius 1 is 1.31 bits per heavy atom. The van der Waals surface area contributed by atoms with E-state index in [1.807, 2.05) is 27.7 Å². The van der Waals surface area contributed by atoms with Crippen LogP contribution in [-0.4, -0.2) is 12.4 Å². The van der Waals surface area contributed by atoms with Crippen LogP contribution in [0.5, 0.6) is 0 Å². The normalized spacial score (nSPS) is 14.2. The van der Waals surface area contributed by atoms with Gasteiger partial charge in [0.25, 0.3) is 0 Å². The summed E-state index contributed by atoms with van der Waals surface area (Å²) in [7, 11) is 0. The molecule has 0 amide bonds. The summed E-state index contributed by atoms with van der Waals surface area (Å²) in [4.78, 5) is 11.9. The zero-order valence-electron chi connectivity index (χ0n) is 9.22. The van der Waals surface area contributed by atoms with Gasteiger partial charge in [-0.15, -0.1) is 0 Å². The lowest BCUT2D eigenvalue weighted by Crippen LogP contribution is -2.30. The third-order valence-electron chi connectivity index (χ3n) is 2.88. The van der Waals surface area contributed by atoms with Crippen LogP contribution in [0.2, 0.25) is 0 Å². The Kier molecular flexibility index (Phi) is 5.23. The largest absolute Gasteiger partial charge is 0.299 e. The quantitative estimate of drug-likeness (QED) is 0.627. The molecule has 0 aromatic heterocycles. The zero-order chi connectivity index (χ0) is 10.5. The van der Waals surface area contributed by atoms with E-state index in [-0.39, 0.29) is 23.7 Å². The molecular weight excluding hydrogens is 164 g/mol. The molecule has 0 bridgehead atoms. The maximum atomic E-state index is 11.9. The molecular formula is C11H21O2. The third kappa shape index (κ3) is 3.47. The van der Waals surface area contributed by atoms with Gasteiger partial charge in [-0.3, -0.25) is 4.79 Å². The highest BCUT2D eigenvalue weighted by atomic mass is 16.3. The molecule has 0 aromatic rings. The summed E-state index contributed by atoms with van der Waals surface area (Å²) < 4.78 is 0. The first-order valence-electron chi connectivity index (χ1n) is 5.12. The molecule has 0 aliphatic rings. The number of Topliss-reactive ketones (excluding diaryl/α,β-unsaturated/α-hetero) is 1. The van der Waals surface area contributed by atoms with Crippen LogP contribution in [0.4, 0.5) is 0 Å². The summed E-state index contributed by atoms with van der Waals surface area (Å²) >= 11 is 0. The van der Waals surface area contributed by atoms with E-state index in [1.54, 1.807) is 0 Å². The van der Waals surface area contributed by atoms with Gasteiger partial charge in [-0.1, -0.05) is 27.7 Å². The number of carbonyl (C=O) groups is 1. The van der Waals surface area contributed by atoms with Crippen LogP contribution in [-0.2, 0) is 9.90 Å². The molecule has 2 nitrogen and oxygen atoms in total. The molecule has 1 unspecified atom stereocenters. The maximum absolute atomic E-state index is 11.9. The van der Waals surface area contributed by atoms with Crippen LogP contribution < -0.4 is 0 Å². The second kappa shape index (κ2) is 5.38. The minimum Gasteiger partial charge on any atom is -0.299 e. The molecule has 0 saturated heterocycles. The van der Waals surface area contributed by atoms with Crippen LogP contribution in [0.25, 0.3) is 0 Å². The standard InChI is InChI=1S/C11H21O2/c1-5-9(7-8-12)10(13)11(3,4)6-2/h9H,5-8H2,1-4H3. The molecule has 0 aliphatic carbocycles. The Balaban J connectivity index is 4.36. The molecule has 77 valence electrons. The first-order chi connectivity index (χ1) is 5.99. The summed E-state index contributed by atoms with van der Waals surface area (Å²) in [5, 5.41) is 10.5. The van der Waals surface area contributed by atoms with Gasteiger partial charge in [-0.2, -0.15) is 0 Å². The lowest BCUT2D eigenvalue weighted by atomic mass is 9.77. The van der Waals surface area contributed by atoms with E-state index >= 15 is 0 Å². The second-order valence-corrected chi connectivity index (χ2v) is 4.20. The van der Waals surface area contributed by atoms with E-state index in [4.69, 9.17) is 0 Å². The first-order valence-corrected chi connectivity index (χ1v) is 5.12. The van der Waals surface area contributed by atoms with Crippen molar-refractivity contribution in [3.63, 3.8) is 0 Å². The molecule has 1 atom stereocenters. The van der Waals surface area contributed by atoms with Gasteiger partial charge in [0.1, 0.15) is 5.78 Å². The molecule has 1 radical (unpaired) electrons. The topological polar surface area (TPSA) is 37.0 Å². The van der Waals surface area contributed by atoms with E-state index in [9.17, 15) is 9.90 Å². The van der Waals surface area contributed by atoms with Crippen molar-refractivity contribution in [2.75, 3.05) is 6.61 Å². The number of ketones is 1. The number of hydrogen-bond donors (Lipinski definition) is 0. The SMILES string of the molecule is CCC(CC[O])C(=O)C(C)(C)CC. The van der Waals surface area contributed by atoms with Crippen LogP contribution in [0.3, 0.4) is 0 Å². The smallest absolute Gasteiger partial charge is 0.141 e. The van der Waals surface area contributed by atoms with E-state index in [1.165, 1.54) is 0 Å². The van der Waals surface area contributed by atoms with E-state index in [2.05, 4.69) is 0 Å². The predicted octanol–water partition coefficient (Wildman–Crippen LogP) is 2.84. The summed E-state index contributed by atoms with van der Waals surface area (Å²) in [5.41, 5.74) is -0.254. The van der Waals surface area contributed by atoms with Gasteiger partial charge in [0, 0.05) is 11.3 Å². The molecule has 0 aliphatic heterocycles. The average molecular weight is 185 g/mol. The van der Waals surface area contributed by atoms with Crippen molar-refractivity contribution in [2.24, 2.45) is 11.3 Å². The fourth-order valence-corrected chi connectivity index (χ4v) is 1.39. The molecule has 0 N–H and O–H groups in total. The number of rotatable bonds is 6. The summed E-state index contributed by atoms with van der Waals surface area (Å²) in [5.74, 6) is 0.237. The van der Waals surface area contributed by atoms with E-state index < -0.39 is 0 Å². The number of carbonyl (C=O) groups excluding carboxylic acids is 1. The summed E-state index contributed by atoms with van der Waals surface area (Å²) in [6, 6.07) is 0. The molecule has 0 spiro atoms. The molecule has 0 aromatic carbocycles. The van der Waals surface area contributed by atoms with Gasteiger partial charge in [-0.25, -0.2) is 5.11 Å². The highest BCUT2D eigenvalue weighted by molar-refractivity contribution is 5.86. The fraction of sp³-hybridized carbons (Fsp3) is 0.909. The van der Waals surface area contributed by atoms with Gasteiger partial charge >= 0.3 is 0 Å². The number of hydrogen-bond acceptors (Lipinski definition) is 1. The van der Waals surface area contributed by atoms with Gasteiger partial charge in [0.15, 0.2) is 0 Å². The Morgan fingerprint density at radius 3 is 2.15 bits per heavy atom. The highest BCUT2D eigenvalue weighted by Crippen LogP contribution is 2.27. The first kappa shape index (κ1) is 12.6. The third-order valence-corrected chi connectivity index (χ3v) is 2.88. The van der Waals surface area contributed by atoms with Gasteiger partial charge < -0.3 is 0 Å². The highest BCUT2D eigenvalue weighted by Gasteiger charge is 2.30.